The third-order valence-corrected chi connectivity index (χ3v) is 2.46. The zero-order valence-corrected chi connectivity index (χ0v) is 9.82. The van der Waals surface area contributed by atoms with E-state index >= 15 is 0 Å². The lowest BCUT2D eigenvalue weighted by atomic mass is 10.1. The van der Waals surface area contributed by atoms with Gasteiger partial charge < -0.3 is 10.3 Å². The van der Waals surface area contributed by atoms with Crippen molar-refractivity contribution in [2.24, 2.45) is 0 Å². The lowest BCUT2D eigenvalue weighted by molar-refractivity contribution is 0.0949. The van der Waals surface area contributed by atoms with Gasteiger partial charge in [0.2, 0.25) is 0 Å². The van der Waals surface area contributed by atoms with Gasteiger partial charge in [0.1, 0.15) is 0 Å². The molecule has 5 nitrogen and oxygen atoms in total. The third-order valence-electron chi connectivity index (χ3n) is 2.46. The Kier molecular flexibility index (Phi) is 3.18. The maximum atomic E-state index is 11.9. The average Bonchev–Trinajstić information content (AvgIpc) is 2.78. The number of hydrogen-bond acceptors (Lipinski definition) is 3. The zero-order chi connectivity index (χ0) is 12.3. The first-order chi connectivity index (χ1) is 8.16. The monoisotopic (exact) mass is 230 g/mol. The van der Waals surface area contributed by atoms with Gasteiger partial charge in [-0.2, -0.15) is 0 Å². The summed E-state index contributed by atoms with van der Waals surface area (Å²) in [6, 6.07) is 3.62. The molecule has 0 aliphatic rings. The minimum absolute atomic E-state index is 0.121. The fourth-order valence-corrected chi connectivity index (χ4v) is 1.58. The molecular weight excluding hydrogens is 216 g/mol. The summed E-state index contributed by atoms with van der Waals surface area (Å²) in [5.41, 5.74) is 3.13. The number of carbonyl (C=O) groups excluding carboxylic acids is 1. The van der Waals surface area contributed by atoms with E-state index in [-0.39, 0.29) is 5.91 Å². The predicted molar refractivity (Wildman–Crippen MR) is 63.5 cm³/mol. The Morgan fingerprint density at radius 2 is 2.24 bits per heavy atom. The second kappa shape index (κ2) is 4.78. The fourth-order valence-electron chi connectivity index (χ4n) is 1.58. The SMILES string of the molecule is Cc1ccc(C(=O)NCc2cnc[nH]2)c(C)n1. The first-order valence-electron chi connectivity index (χ1n) is 5.36. The number of aromatic amines is 1. The van der Waals surface area contributed by atoms with Crippen molar-refractivity contribution in [1.29, 1.82) is 0 Å². The molecule has 0 aromatic carbocycles. The summed E-state index contributed by atoms with van der Waals surface area (Å²) in [6.45, 7) is 4.17. The molecular formula is C12H14N4O. The van der Waals surface area contributed by atoms with E-state index in [9.17, 15) is 4.79 Å². The van der Waals surface area contributed by atoms with Gasteiger partial charge in [-0.1, -0.05) is 0 Å². The molecule has 0 atom stereocenters. The summed E-state index contributed by atoms with van der Waals surface area (Å²) < 4.78 is 0. The number of nitrogens with one attached hydrogen (secondary N) is 2. The first kappa shape index (κ1) is 11.3. The number of aryl methyl sites for hydroxylation is 2. The number of hydrogen-bond donors (Lipinski definition) is 2. The Balaban J connectivity index is 2.04. The van der Waals surface area contributed by atoms with Crippen LogP contribution in [-0.2, 0) is 6.54 Å². The quantitative estimate of drug-likeness (QED) is 0.836. The van der Waals surface area contributed by atoms with Crippen molar-refractivity contribution < 1.29 is 4.79 Å². The molecule has 0 unspecified atom stereocenters. The van der Waals surface area contributed by atoms with Crippen molar-refractivity contribution in [3.05, 3.63) is 47.3 Å². The van der Waals surface area contributed by atoms with E-state index in [1.54, 1.807) is 18.6 Å². The van der Waals surface area contributed by atoms with Crippen LogP contribution < -0.4 is 5.32 Å². The van der Waals surface area contributed by atoms with Crippen LogP contribution in [0.4, 0.5) is 0 Å². The molecule has 0 saturated carbocycles. The summed E-state index contributed by atoms with van der Waals surface area (Å²) in [4.78, 5) is 23.0. The van der Waals surface area contributed by atoms with Crippen LogP contribution in [0.1, 0.15) is 27.4 Å². The Morgan fingerprint density at radius 1 is 1.41 bits per heavy atom. The molecule has 0 spiro atoms. The van der Waals surface area contributed by atoms with Gasteiger partial charge in [0.05, 0.1) is 29.8 Å². The van der Waals surface area contributed by atoms with Gasteiger partial charge in [-0.3, -0.25) is 9.78 Å². The number of amides is 1. The van der Waals surface area contributed by atoms with Gasteiger partial charge in [0, 0.05) is 11.9 Å². The summed E-state index contributed by atoms with van der Waals surface area (Å²) in [7, 11) is 0. The highest BCUT2D eigenvalue weighted by Gasteiger charge is 2.09. The van der Waals surface area contributed by atoms with Crippen LogP contribution in [0, 0.1) is 13.8 Å². The van der Waals surface area contributed by atoms with Gasteiger partial charge in [-0.25, -0.2) is 4.98 Å². The number of imidazole rings is 1. The minimum Gasteiger partial charge on any atom is -0.347 e. The average molecular weight is 230 g/mol. The normalized spacial score (nSPS) is 10.2. The summed E-state index contributed by atoms with van der Waals surface area (Å²) in [5, 5.41) is 2.81. The highest BCUT2D eigenvalue weighted by molar-refractivity contribution is 5.95. The van der Waals surface area contributed by atoms with Crippen molar-refractivity contribution in [3.8, 4) is 0 Å². The van der Waals surface area contributed by atoms with Gasteiger partial charge in [-0.15, -0.1) is 0 Å². The molecule has 2 N–H and O–H groups in total. The van der Waals surface area contributed by atoms with Crippen LogP contribution in [0.25, 0.3) is 0 Å². The molecule has 0 radical (unpaired) electrons. The third kappa shape index (κ3) is 2.69. The number of rotatable bonds is 3. The van der Waals surface area contributed by atoms with Crippen LogP contribution in [0.5, 0.6) is 0 Å². The van der Waals surface area contributed by atoms with E-state index in [1.165, 1.54) is 0 Å². The number of carbonyl (C=O) groups is 1. The van der Waals surface area contributed by atoms with Gasteiger partial charge in [-0.05, 0) is 26.0 Å². The van der Waals surface area contributed by atoms with Crippen molar-refractivity contribution in [2.75, 3.05) is 0 Å². The molecule has 2 aromatic rings. The van der Waals surface area contributed by atoms with E-state index < -0.39 is 0 Å². The Hall–Kier alpha value is -2.17. The second-order valence-electron chi connectivity index (χ2n) is 3.85. The van der Waals surface area contributed by atoms with E-state index in [4.69, 9.17) is 0 Å². The lowest BCUT2D eigenvalue weighted by Crippen LogP contribution is -2.24. The highest BCUT2D eigenvalue weighted by Crippen LogP contribution is 2.06. The lowest BCUT2D eigenvalue weighted by Gasteiger charge is -2.06. The largest absolute Gasteiger partial charge is 0.347 e. The molecule has 1 amide bonds. The summed E-state index contributed by atoms with van der Waals surface area (Å²) in [5.74, 6) is -0.121. The molecule has 0 fully saturated rings. The molecule has 2 rings (SSSR count). The van der Waals surface area contributed by atoms with Gasteiger partial charge >= 0.3 is 0 Å². The maximum absolute atomic E-state index is 11.9. The number of pyridine rings is 1. The molecule has 0 aliphatic heterocycles. The van der Waals surface area contributed by atoms with Crippen LogP contribution >= 0.6 is 0 Å². The predicted octanol–water partition coefficient (Wildman–Crippen LogP) is 1.35. The van der Waals surface area contributed by atoms with E-state index in [0.29, 0.717) is 12.1 Å². The Labute approximate surface area is 99.3 Å². The van der Waals surface area contributed by atoms with Crippen molar-refractivity contribution in [2.45, 2.75) is 20.4 Å². The minimum atomic E-state index is -0.121. The zero-order valence-electron chi connectivity index (χ0n) is 9.82. The second-order valence-corrected chi connectivity index (χ2v) is 3.85. The van der Waals surface area contributed by atoms with E-state index in [1.807, 2.05) is 19.9 Å². The van der Waals surface area contributed by atoms with Crippen LogP contribution in [0.2, 0.25) is 0 Å². The van der Waals surface area contributed by atoms with Crippen LogP contribution in [-0.4, -0.2) is 20.9 Å². The number of H-pyrrole nitrogens is 1. The molecule has 0 bridgehead atoms. The highest BCUT2D eigenvalue weighted by atomic mass is 16.1. The number of nitrogens with zero attached hydrogens (tertiary/aromatic N) is 2. The fraction of sp³-hybridized carbons (Fsp3) is 0.250. The van der Waals surface area contributed by atoms with Crippen molar-refractivity contribution in [1.82, 2.24) is 20.3 Å². The molecule has 0 saturated heterocycles. The Bertz CT molecular complexity index is 519. The van der Waals surface area contributed by atoms with Crippen LogP contribution in [0.3, 0.4) is 0 Å². The summed E-state index contributed by atoms with van der Waals surface area (Å²) in [6.07, 6.45) is 3.26. The van der Waals surface area contributed by atoms with Crippen molar-refractivity contribution in [3.63, 3.8) is 0 Å². The molecule has 2 aromatic heterocycles. The molecule has 2 heterocycles. The van der Waals surface area contributed by atoms with E-state index in [0.717, 1.165) is 17.1 Å². The first-order valence-corrected chi connectivity index (χ1v) is 5.36. The molecule has 88 valence electrons. The molecule has 5 heteroatoms. The topological polar surface area (TPSA) is 70.7 Å². The maximum Gasteiger partial charge on any atom is 0.253 e. The standard InChI is InChI=1S/C12H14N4O/c1-8-3-4-11(9(2)16-8)12(17)14-6-10-5-13-7-15-10/h3-5,7H,6H2,1-2H3,(H,13,15)(H,14,17). The smallest absolute Gasteiger partial charge is 0.253 e. The van der Waals surface area contributed by atoms with Gasteiger partial charge in [0.15, 0.2) is 0 Å². The van der Waals surface area contributed by atoms with Crippen LogP contribution in [0.15, 0.2) is 24.7 Å². The van der Waals surface area contributed by atoms with Crippen molar-refractivity contribution >= 4 is 5.91 Å². The number of aromatic nitrogens is 3. The molecule has 17 heavy (non-hydrogen) atoms. The van der Waals surface area contributed by atoms with E-state index in [2.05, 4.69) is 20.3 Å². The molecule has 0 aliphatic carbocycles. The van der Waals surface area contributed by atoms with Gasteiger partial charge in [0.25, 0.3) is 5.91 Å². The Morgan fingerprint density at radius 3 is 2.88 bits per heavy atom. The summed E-state index contributed by atoms with van der Waals surface area (Å²) >= 11 is 0.